The summed E-state index contributed by atoms with van der Waals surface area (Å²) in [6.45, 7) is 4.63. The largest absolute Gasteiger partial charge is 0.567 e. The molecule has 1 aliphatic heterocycles. The summed E-state index contributed by atoms with van der Waals surface area (Å²) in [5.74, 6) is 0.203. The van der Waals surface area contributed by atoms with Crippen molar-refractivity contribution in [3.05, 3.63) is 54.1 Å². The molecule has 2 heterocycles. The molecule has 2 aromatic rings. The molecule has 0 radical (unpaired) electrons. The fraction of sp³-hybridized carbons (Fsp3) is 0.235. The van der Waals surface area contributed by atoms with Gasteiger partial charge in [-0.3, -0.25) is 4.84 Å². The van der Waals surface area contributed by atoms with Gasteiger partial charge in [-0.15, -0.1) is 0 Å². The second kappa shape index (κ2) is 6.38. The van der Waals surface area contributed by atoms with Gasteiger partial charge in [0.15, 0.2) is 11.9 Å². The van der Waals surface area contributed by atoms with Gasteiger partial charge in [0.25, 0.3) is 5.88 Å². The molecule has 0 unspecified atom stereocenters. The number of hydrogen-bond donors (Lipinski definition) is 2. The third kappa shape index (κ3) is 2.99. The first-order chi connectivity index (χ1) is 11.5. The lowest BCUT2D eigenvalue weighted by Gasteiger charge is -2.23. The molecule has 0 saturated carbocycles. The van der Waals surface area contributed by atoms with E-state index in [0.29, 0.717) is 18.3 Å². The molecule has 0 fully saturated rings. The molecule has 3 rings (SSSR count). The number of hydroxylamine groups is 2. The number of para-hydroxylation sites is 1. The quantitative estimate of drug-likeness (QED) is 0.822. The zero-order chi connectivity index (χ0) is 17.2. The van der Waals surface area contributed by atoms with Crippen molar-refractivity contribution in [1.29, 1.82) is 0 Å². The Balaban J connectivity index is 1.90. The van der Waals surface area contributed by atoms with Gasteiger partial charge in [-0.05, 0) is 6.07 Å². The molecule has 0 saturated heterocycles. The van der Waals surface area contributed by atoms with Crippen molar-refractivity contribution in [3.8, 4) is 5.88 Å². The van der Waals surface area contributed by atoms with E-state index in [4.69, 9.17) is 4.84 Å². The summed E-state index contributed by atoms with van der Waals surface area (Å²) in [5, 5.41) is 13.0. The number of benzene rings is 1. The average Bonchev–Trinajstić information content (AvgIpc) is 2.94. The molecule has 0 aliphatic carbocycles. The molecule has 1 atom stereocenters. The molecule has 7 nitrogen and oxygen atoms in total. The molecule has 1 aromatic carbocycles. The summed E-state index contributed by atoms with van der Waals surface area (Å²) in [5.41, 5.74) is 2.06. The van der Waals surface area contributed by atoms with Crippen LogP contribution in [0.4, 0.5) is 10.5 Å². The Morgan fingerprint density at radius 3 is 2.88 bits per heavy atom. The van der Waals surface area contributed by atoms with Crippen molar-refractivity contribution in [2.75, 3.05) is 0 Å². The zero-order valence-corrected chi connectivity index (χ0v) is 13.5. The summed E-state index contributed by atoms with van der Waals surface area (Å²) in [6.07, 6.45) is 3.45. The van der Waals surface area contributed by atoms with Crippen LogP contribution in [0.5, 0.6) is 5.88 Å². The van der Waals surface area contributed by atoms with E-state index in [9.17, 15) is 9.90 Å². The standard InChI is InChI=1S/C17H18N4O3/c1-12(2)18-10-14-9-16(20-11-19-14)24-21(17(22)23)8-7-13-5-3-4-6-15(13)21/h3-9,11-12,18H,10H2,1-2H3/p+1/t21-/m0/s1. The van der Waals surface area contributed by atoms with Crippen molar-refractivity contribution in [2.45, 2.75) is 26.4 Å². The molecule has 1 amide bonds. The second-order valence-electron chi connectivity index (χ2n) is 5.79. The van der Waals surface area contributed by atoms with Crippen molar-refractivity contribution < 1.29 is 14.7 Å². The van der Waals surface area contributed by atoms with Gasteiger partial charge < -0.3 is 10.4 Å². The monoisotopic (exact) mass is 327 g/mol. The van der Waals surface area contributed by atoms with E-state index in [0.717, 1.165) is 11.3 Å². The number of carboxylic acid groups (broad SMARTS) is 1. The molecule has 7 heteroatoms. The Bertz CT molecular complexity index is 791. The summed E-state index contributed by atoms with van der Waals surface area (Å²) < 4.78 is -0.774. The van der Waals surface area contributed by atoms with Gasteiger partial charge in [-0.2, -0.15) is 9.78 Å². The molecule has 1 aliphatic rings. The van der Waals surface area contributed by atoms with Gasteiger partial charge in [-0.25, -0.2) is 4.98 Å². The highest BCUT2D eigenvalue weighted by Gasteiger charge is 2.47. The highest BCUT2D eigenvalue weighted by atomic mass is 16.8. The molecule has 124 valence electrons. The summed E-state index contributed by atoms with van der Waals surface area (Å²) in [4.78, 5) is 25.9. The fourth-order valence-electron chi connectivity index (χ4n) is 2.46. The highest BCUT2D eigenvalue weighted by molar-refractivity contribution is 5.89. The Morgan fingerprint density at radius 1 is 1.33 bits per heavy atom. The van der Waals surface area contributed by atoms with Crippen molar-refractivity contribution in [3.63, 3.8) is 0 Å². The topological polar surface area (TPSA) is 84.3 Å². The number of nitrogens with zero attached hydrogens (tertiary/aromatic N) is 3. The predicted molar refractivity (Wildman–Crippen MR) is 89.9 cm³/mol. The van der Waals surface area contributed by atoms with Crippen LogP contribution in [0.3, 0.4) is 0 Å². The first-order valence-electron chi connectivity index (χ1n) is 7.66. The lowest BCUT2D eigenvalue weighted by molar-refractivity contribution is 0.0102. The van der Waals surface area contributed by atoms with Gasteiger partial charge in [-0.1, -0.05) is 26.0 Å². The highest BCUT2D eigenvalue weighted by Crippen LogP contribution is 2.36. The molecular weight excluding hydrogens is 308 g/mol. The van der Waals surface area contributed by atoms with E-state index in [-0.39, 0.29) is 5.88 Å². The van der Waals surface area contributed by atoms with Crippen LogP contribution in [0.1, 0.15) is 25.1 Å². The number of amides is 1. The van der Waals surface area contributed by atoms with Crippen molar-refractivity contribution in [2.24, 2.45) is 0 Å². The van der Waals surface area contributed by atoms with Crippen LogP contribution in [0, 0.1) is 0 Å². The maximum absolute atomic E-state index is 11.9. The van der Waals surface area contributed by atoms with E-state index in [2.05, 4.69) is 15.3 Å². The Hall–Kier alpha value is -2.77. The van der Waals surface area contributed by atoms with Crippen LogP contribution in [0.15, 0.2) is 42.9 Å². The van der Waals surface area contributed by atoms with E-state index in [1.165, 1.54) is 12.5 Å². The summed E-state index contributed by atoms with van der Waals surface area (Å²) >= 11 is 0. The minimum atomic E-state index is -1.14. The van der Waals surface area contributed by atoms with Crippen LogP contribution >= 0.6 is 0 Å². The average molecular weight is 327 g/mol. The summed E-state index contributed by atoms with van der Waals surface area (Å²) in [6, 6.07) is 9.17. The van der Waals surface area contributed by atoms with Crippen LogP contribution in [-0.2, 0) is 6.54 Å². The predicted octanol–water partition coefficient (Wildman–Crippen LogP) is 2.94. The van der Waals surface area contributed by atoms with E-state index < -0.39 is 10.7 Å². The Morgan fingerprint density at radius 2 is 2.12 bits per heavy atom. The maximum Gasteiger partial charge on any atom is 0.567 e. The second-order valence-corrected chi connectivity index (χ2v) is 5.79. The number of rotatable bonds is 5. The molecule has 0 spiro atoms. The molecule has 2 N–H and O–H groups in total. The Labute approximate surface area is 139 Å². The SMILES string of the molecule is CC(C)NCc1cc(O[N@@+]2(C(=O)O)C=Cc3ccccc32)ncn1. The van der Waals surface area contributed by atoms with E-state index >= 15 is 0 Å². The van der Waals surface area contributed by atoms with Gasteiger partial charge in [0.05, 0.1) is 5.69 Å². The van der Waals surface area contributed by atoms with Gasteiger partial charge in [0.1, 0.15) is 6.33 Å². The number of quaternary nitrogens is 1. The van der Waals surface area contributed by atoms with E-state index in [1.807, 2.05) is 26.0 Å². The van der Waals surface area contributed by atoms with Crippen LogP contribution in [0.2, 0.25) is 0 Å². The zero-order valence-electron chi connectivity index (χ0n) is 13.5. The van der Waals surface area contributed by atoms with Gasteiger partial charge in [0, 0.05) is 41.0 Å². The minimum Gasteiger partial charge on any atom is -0.432 e. The third-order valence-electron chi connectivity index (χ3n) is 3.67. The fourth-order valence-corrected chi connectivity index (χ4v) is 2.46. The number of fused-ring (bicyclic) bond motifs is 1. The molecule has 24 heavy (non-hydrogen) atoms. The van der Waals surface area contributed by atoms with Crippen LogP contribution in [0.25, 0.3) is 6.08 Å². The van der Waals surface area contributed by atoms with Crippen molar-refractivity contribution >= 4 is 17.9 Å². The van der Waals surface area contributed by atoms with E-state index in [1.54, 1.807) is 24.3 Å². The number of nitrogens with one attached hydrogen (secondary N) is 1. The first kappa shape index (κ1) is 16.1. The third-order valence-corrected chi connectivity index (χ3v) is 3.67. The lowest BCUT2D eigenvalue weighted by Crippen LogP contribution is -2.50. The lowest BCUT2D eigenvalue weighted by atomic mass is 10.2. The van der Waals surface area contributed by atoms with Crippen LogP contribution < -0.4 is 14.8 Å². The maximum atomic E-state index is 11.9. The van der Waals surface area contributed by atoms with Gasteiger partial charge >= 0.3 is 6.09 Å². The molecular formula is C17H19N4O3+. The summed E-state index contributed by atoms with van der Waals surface area (Å²) in [7, 11) is 0. The number of hydrogen-bond acceptors (Lipinski definition) is 5. The van der Waals surface area contributed by atoms with Crippen molar-refractivity contribution in [1.82, 2.24) is 19.9 Å². The molecule has 1 aromatic heterocycles. The number of aromatic nitrogens is 2. The Kier molecular flexibility index (Phi) is 4.28. The molecule has 0 bridgehead atoms. The smallest absolute Gasteiger partial charge is 0.432 e. The normalized spacial score (nSPS) is 18.6. The minimum absolute atomic E-state index is 0.203. The number of carbonyl (C=O) groups is 1. The first-order valence-corrected chi connectivity index (χ1v) is 7.66. The van der Waals surface area contributed by atoms with Gasteiger partial charge in [0.2, 0.25) is 0 Å². The van der Waals surface area contributed by atoms with Crippen LogP contribution in [-0.4, -0.2) is 27.2 Å².